The molecule has 0 aromatic heterocycles. The molecule has 0 saturated carbocycles. The molecule has 1 aliphatic rings. The fourth-order valence-corrected chi connectivity index (χ4v) is 2.49. The van der Waals surface area contributed by atoms with Gasteiger partial charge in [-0.25, -0.2) is 0 Å². The molecule has 2 heteroatoms. The van der Waals surface area contributed by atoms with Crippen molar-refractivity contribution in [2.45, 2.75) is 39.0 Å². The summed E-state index contributed by atoms with van der Waals surface area (Å²) >= 11 is 0. The third-order valence-corrected chi connectivity index (χ3v) is 3.66. The fourth-order valence-electron chi connectivity index (χ4n) is 2.49. The molecular weight excluding hydrogens is 232 g/mol. The van der Waals surface area contributed by atoms with E-state index in [2.05, 4.69) is 48.4 Å². The second-order valence-corrected chi connectivity index (χ2v) is 5.29. The molecule has 2 N–H and O–H groups in total. The van der Waals surface area contributed by atoms with E-state index in [0.29, 0.717) is 0 Å². The minimum atomic E-state index is 0.975. The van der Waals surface area contributed by atoms with Crippen LogP contribution in [-0.2, 0) is 0 Å². The van der Waals surface area contributed by atoms with Gasteiger partial charge in [0.05, 0.1) is 0 Å². The predicted molar refractivity (Wildman–Crippen MR) is 84.7 cm³/mol. The number of anilines is 2. The molecule has 1 aromatic rings. The van der Waals surface area contributed by atoms with Crippen molar-refractivity contribution in [2.24, 2.45) is 0 Å². The summed E-state index contributed by atoms with van der Waals surface area (Å²) in [7, 11) is 1.94. The maximum Gasteiger partial charge on any atom is 0.0432 e. The van der Waals surface area contributed by atoms with E-state index in [9.17, 15) is 0 Å². The number of hydrogen-bond donors (Lipinski definition) is 2. The van der Waals surface area contributed by atoms with Crippen LogP contribution in [0.4, 0.5) is 11.4 Å². The molecule has 0 saturated heterocycles. The van der Waals surface area contributed by atoms with Crippen LogP contribution in [0.15, 0.2) is 42.1 Å². The first kappa shape index (κ1) is 13.7. The lowest BCUT2D eigenvalue weighted by molar-refractivity contribution is 0.688. The Labute approximate surface area is 116 Å². The molecule has 0 amide bonds. The lowest BCUT2D eigenvalue weighted by Gasteiger charge is -2.17. The molecule has 0 aliphatic heterocycles. The largest absolute Gasteiger partial charge is 0.388 e. The highest BCUT2D eigenvalue weighted by Gasteiger charge is 2.07. The topological polar surface area (TPSA) is 24.1 Å². The zero-order valence-corrected chi connectivity index (χ0v) is 12.1. The molecule has 2 nitrogen and oxygen atoms in total. The van der Waals surface area contributed by atoms with Crippen molar-refractivity contribution in [3.8, 4) is 0 Å². The van der Waals surface area contributed by atoms with Gasteiger partial charge in [0.2, 0.25) is 0 Å². The van der Waals surface area contributed by atoms with Crippen LogP contribution in [-0.4, -0.2) is 7.05 Å². The predicted octanol–water partition coefficient (Wildman–Crippen LogP) is 4.85. The average Bonchev–Trinajstić information content (AvgIpc) is 2.42. The van der Waals surface area contributed by atoms with E-state index in [1.165, 1.54) is 36.8 Å². The highest BCUT2D eigenvalue weighted by atomic mass is 14.9. The van der Waals surface area contributed by atoms with E-state index < -0.39 is 0 Å². The van der Waals surface area contributed by atoms with Crippen molar-refractivity contribution in [3.05, 3.63) is 47.7 Å². The van der Waals surface area contributed by atoms with Gasteiger partial charge in [0, 0.05) is 30.5 Å². The Morgan fingerprint density at radius 3 is 2.84 bits per heavy atom. The molecule has 0 unspecified atom stereocenters. The third-order valence-electron chi connectivity index (χ3n) is 3.66. The van der Waals surface area contributed by atoms with Crippen LogP contribution in [0.2, 0.25) is 0 Å². The Morgan fingerprint density at radius 2 is 2.16 bits per heavy atom. The van der Waals surface area contributed by atoms with Gasteiger partial charge in [0.15, 0.2) is 0 Å². The fraction of sp³-hybridized carbons (Fsp3) is 0.412. The van der Waals surface area contributed by atoms with Gasteiger partial charge in [-0.3, -0.25) is 0 Å². The van der Waals surface area contributed by atoms with Crippen LogP contribution in [0, 0.1) is 6.92 Å². The van der Waals surface area contributed by atoms with Crippen molar-refractivity contribution >= 4 is 11.4 Å². The Hall–Kier alpha value is -1.70. The first-order valence-electron chi connectivity index (χ1n) is 7.10. The number of benzene rings is 1. The van der Waals surface area contributed by atoms with Crippen LogP contribution < -0.4 is 10.6 Å². The lowest BCUT2D eigenvalue weighted by atomic mass is 9.96. The molecule has 0 spiro atoms. The van der Waals surface area contributed by atoms with Gasteiger partial charge in [-0.15, -0.1) is 0 Å². The minimum absolute atomic E-state index is 0.975. The Kier molecular flexibility index (Phi) is 4.67. The molecule has 1 aromatic carbocycles. The van der Waals surface area contributed by atoms with E-state index in [-0.39, 0.29) is 0 Å². The molecule has 0 heterocycles. The molecular formula is C17H24N2. The summed E-state index contributed by atoms with van der Waals surface area (Å²) in [6.45, 7) is 6.29. The Bertz CT molecular complexity index is 486. The van der Waals surface area contributed by atoms with E-state index in [0.717, 1.165) is 23.5 Å². The van der Waals surface area contributed by atoms with Crippen molar-refractivity contribution in [2.75, 3.05) is 17.7 Å². The summed E-state index contributed by atoms with van der Waals surface area (Å²) in [5, 5.41) is 6.63. The minimum Gasteiger partial charge on any atom is -0.388 e. The Morgan fingerprint density at radius 1 is 1.32 bits per heavy atom. The molecule has 0 bridgehead atoms. The monoisotopic (exact) mass is 256 g/mol. The maximum atomic E-state index is 4.17. The van der Waals surface area contributed by atoms with E-state index in [1.807, 2.05) is 7.05 Å². The summed E-state index contributed by atoms with van der Waals surface area (Å²) in [4.78, 5) is 0. The average molecular weight is 256 g/mol. The number of nitrogens with one attached hydrogen (secondary N) is 2. The smallest absolute Gasteiger partial charge is 0.0432 e. The quantitative estimate of drug-likeness (QED) is 0.736. The van der Waals surface area contributed by atoms with Gasteiger partial charge in [-0.2, -0.15) is 0 Å². The number of aryl methyl sites for hydroxylation is 1. The van der Waals surface area contributed by atoms with Crippen molar-refractivity contribution in [1.29, 1.82) is 0 Å². The van der Waals surface area contributed by atoms with Crippen LogP contribution in [0.3, 0.4) is 0 Å². The van der Waals surface area contributed by atoms with Gasteiger partial charge in [0.1, 0.15) is 0 Å². The van der Waals surface area contributed by atoms with Crippen LogP contribution in [0.25, 0.3) is 0 Å². The molecule has 0 radical (unpaired) electrons. The highest BCUT2D eigenvalue weighted by Crippen LogP contribution is 2.26. The van der Waals surface area contributed by atoms with E-state index >= 15 is 0 Å². The normalized spacial score (nSPS) is 14.7. The molecule has 0 fully saturated rings. The van der Waals surface area contributed by atoms with Crippen LogP contribution >= 0.6 is 0 Å². The number of hydrogen-bond acceptors (Lipinski definition) is 2. The second-order valence-electron chi connectivity index (χ2n) is 5.29. The summed E-state index contributed by atoms with van der Waals surface area (Å²) in [5.74, 6) is 0. The SMILES string of the molecule is C=C(CC1=CCCCC1)Nc1cc(NC)ccc1C. The highest BCUT2D eigenvalue weighted by molar-refractivity contribution is 5.63. The van der Waals surface area contributed by atoms with Gasteiger partial charge < -0.3 is 10.6 Å². The third kappa shape index (κ3) is 3.88. The summed E-state index contributed by atoms with van der Waals surface area (Å²) < 4.78 is 0. The van der Waals surface area contributed by atoms with Crippen molar-refractivity contribution in [3.63, 3.8) is 0 Å². The molecule has 0 atom stereocenters. The van der Waals surface area contributed by atoms with Crippen molar-refractivity contribution < 1.29 is 0 Å². The zero-order chi connectivity index (χ0) is 13.7. The van der Waals surface area contributed by atoms with E-state index in [1.54, 1.807) is 0 Å². The Balaban J connectivity index is 2.00. The van der Waals surface area contributed by atoms with Crippen LogP contribution in [0.1, 0.15) is 37.7 Å². The summed E-state index contributed by atoms with van der Waals surface area (Å²) in [6, 6.07) is 6.35. The number of rotatable bonds is 5. The van der Waals surface area contributed by atoms with Crippen molar-refractivity contribution in [1.82, 2.24) is 0 Å². The standard InChI is InChI=1S/C17H24N2/c1-13-9-10-16(18-3)12-17(13)19-14(2)11-15-7-5-4-6-8-15/h7,9-10,12,18-19H,2,4-6,8,11H2,1,3H3. The molecule has 2 rings (SSSR count). The zero-order valence-electron chi connectivity index (χ0n) is 12.1. The van der Waals surface area contributed by atoms with Gasteiger partial charge >= 0.3 is 0 Å². The van der Waals surface area contributed by atoms with E-state index in [4.69, 9.17) is 0 Å². The first-order valence-corrected chi connectivity index (χ1v) is 7.10. The molecule has 102 valence electrons. The lowest BCUT2D eigenvalue weighted by Crippen LogP contribution is -2.03. The molecule has 19 heavy (non-hydrogen) atoms. The summed E-state index contributed by atoms with van der Waals surface area (Å²) in [6.07, 6.45) is 8.49. The number of allylic oxidation sites excluding steroid dienone is 2. The molecule has 1 aliphatic carbocycles. The first-order chi connectivity index (χ1) is 9.19. The van der Waals surface area contributed by atoms with Gasteiger partial charge in [-0.1, -0.05) is 24.3 Å². The van der Waals surface area contributed by atoms with Gasteiger partial charge in [0.25, 0.3) is 0 Å². The summed E-state index contributed by atoms with van der Waals surface area (Å²) in [5.41, 5.74) is 6.14. The maximum absolute atomic E-state index is 4.17. The van der Waals surface area contributed by atoms with Gasteiger partial charge in [-0.05, 0) is 50.3 Å². The van der Waals surface area contributed by atoms with Crippen LogP contribution in [0.5, 0.6) is 0 Å². The second kappa shape index (κ2) is 6.46.